The molecule has 1 aromatic carbocycles. The van der Waals surface area contributed by atoms with E-state index in [4.69, 9.17) is 0 Å². The Bertz CT molecular complexity index is 957. The van der Waals surface area contributed by atoms with Gasteiger partial charge in [0.1, 0.15) is 5.82 Å². The molecule has 0 spiro atoms. The number of hydrogen-bond donors (Lipinski definition) is 3. The molecule has 0 unspecified atom stereocenters. The minimum atomic E-state index is -0.331. The molecule has 1 aliphatic carbocycles. The largest absolute Gasteiger partial charge is 0.354 e. The quantitative estimate of drug-likeness (QED) is 0.579. The van der Waals surface area contributed by atoms with E-state index in [0.717, 1.165) is 6.54 Å². The summed E-state index contributed by atoms with van der Waals surface area (Å²) < 4.78 is 13.1. The van der Waals surface area contributed by atoms with Crippen LogP contribution in [0.25, 0.3) is 0 Å². The van der Waals surface area contributed by atoms with Crippen LogP contribution >= 0.6 is 0 Å². The summed E-state index contributed by atoms with van der Waals surface area (Å²) >= 11 is 0. The number of rotatable bonds is 7. The van der Waals surface area contributed by atoms with Crippen molar-refractivity contribution < 1.29 is 9.18 Å². The van der Waals surface area contributed by atoms with Gasteiger partial charge in [0.2, 0.25) is 5.95 Å². The Morgan fingerprint density at radius 1 is 1.04 bits per heavy atom. The van der Waals surface area contributed by atoms with Crippen LogP contribution in [-0.4, -0.2) is 27.4 Å². The van der Waals surface area contributed by atoms with Crippen LogP contribution < -0.4 is 16.0 Å². The predicted molar refractivity (Wildman–Crippen MR) is 105 cm³/mol. The lowest BCUT2D eigenvalue weighted by atomic mass is 10.2. The number of benzene rings is 1. The zero-order valence-electron chi connectivity index (χ0n) is 15.0. The minimum absolute atomic E-state index is 0.319. The van der Waals surface area contributed by atoms with Gasteiger partial charge in [0.25, 0.3) is 5.91 Å². The normalized spacial score (nSPS) is 13.0. The van der Waals surface area contributed by atoms with E-state index in [0.29, 0.717) is 34.5 Å². The average Bonchev–Trinajstić information content (AvgIpc) is 3.54. The summed E-state index contributed by atoms with van der Waals surface area (Å²) in [6.45, 7) is 0.862. The van der Waals surface area contributed by atoms with E-state index >= 15 is 0 Å². The molecule has 28 heavy (non-hydrogen) atoms. The molecule has 1 aliphatic rings. The lowest BCUT2D eigenvalue weighted by Crippen LogP contribution is -2.15. The third-order valence-corrected chi connectivity index (χ3v) is 4.35. The van der Waals surface area contributed by atoms with Crippen molar-refractivity contribution in [3.63, 3.8) is 0 Å². The molecule has 142 valence electrons. The van der Waals surface area contributed by atoms with Gasteiger partial charge in [0.05, 0.1) is 23.1 Å². The second kappa shape index (κ2) is 7.99. The number of pyridine rings is 1. The Kier molecular flexibility index (Phi) is 5.09. The summed E-state index contributed by atoms with van der Waals surface area (Å²) in [5.74, 6) is 0.582. The van der Waals surface area contributed by atoms with Crippen molar-refractivity contribution in [3.05, 3.63) is 66.5 Å². The molecule has 0 saturated heterocycles. The molecule has 7 nitrogen and oxygen atoms in total. The van der Waals surface area contributed by atoms with Gasteiger partial charge in [-0.1, -0.05) is 0 Å². The van der Waals surface area contributed by atoms with Crippen LogP contribution in [0.4, 0.5) is 27.4 Å². The van der Waals surface area contributed by atoms with Crippen LogP contribution in [0.15, 0.2) is 55.1 Å². The van der Waals surface area contributed by atoms with Crippen LogP contribution in [0.3, 0.4) is 0 Å². The number of hydrogen-bond acceptors (Lipinski definition) is 6. The van der Waals surface area contributed by atoms with Gasteiger partial charge in [-0.05, 0) is 49.1 Å². The van der Waals surface area contributed by atoms with Crippen molar-refractivity contribution >= 4 is 28.9 Å². The first-order valence-electron chi connectivity index (χ1n) is 9.01. The first-order valence-corrected chi connectivity index (χ1v) is 9.01. The van der Waals surface area contributed by atoms with Crippen LogP contribution in [0.1, 0.15) is 23.2 Å². The van der Waals surface area contributed by atoms with E-state index in [2.05, 4.69) is 30.9 Å². The van der Waals surface area contributed by atoms with E-state index in [1.807, 2.05) is 0 Å². The van der Waals surface area contributed by atoms with Gasteiger partial charge < -0.3 is 16.0 Å². The van der Waals surface area contributed by atoms with Crippen molar-refractivity contribution in [1.29, 1.82) is 0 Å². The van der Waals surface area contributed by atoms with Crippen molar-refractivity contribution in [1.82, 2.24) is 15.0 Å². The average molecular weight is 378 g/mol. The fourth-order valence-corrected chi connectivity index (χ4v) is 2.58. The monoisotopic (exact) mass is 378 g/mol. The van der Waals surface area contributed by atoms with Gasteiger partial charge in [-0.15, -0.1) is 0 Å². The highest BCUT2D eigenvalue weighted by Gasteiger charge is 2.21. The molecule has 2 aromatic heterocycles. The molecule has 8 heteroatoms. The zero-order valence-corrected chi connectivity index (χ0v) is 15.0. The summed E-state index contributed by atoms with van der Waals surface area (Å²) in [6, 6.07) is 7.60. The van der Waals surface area contributed by atoms with Gasteiger partial charge in [-0.25, -0.2) is 14.4 Å². The second-order valence-corrected chi connectivity index (χ2v) is 6.63. The Labute approximate surface area is 161 Å². The molecule has 1 saturated carbocycles. The van der Waals surface area contributed by atoms with E-state index in [-0.39, 0.29) is 11.7 Å². The molecule has 0 bridgehead atoms. The molecule has 2 heterocycles. The Morgan fingerprint density at radius 2 is 1.79 bits per heavy atom. The van der Waals surface area contributed by atoms with Crippen LogP contribution in [0, 0.1) is 11.7 Å². The molecular weight excluding hydrogens is 359 g/mol. The van der Waals surface area contributed by atoms with Gasteiger partial charge in [0, 0.05) is 30.8 Å². The third-order valence-electron chi connectivity index (χ3n) is 4.35. The maximum Gasteiger partial charge on any atom is 0.258 e. The standard InChI is InChI=1S/C20H19FN6O/c21-15-3-5-16(6-4-15)26-18-12-22-8-7-17(18)27-19(28)14-10-24-20(25-11-14)23-9-13-1-2-13/h3-8,10-13,26H,1-2,9H2,(H,22,27,28)(H,23,24,25). The summed E-state index contributed by atoms with van der Waals surface area (Å²) in [6.07, 6.45) is 8.63. The van der Waals surface area contributed by atoms with Crippen molar-refractivity contribution in [2.24, 2.45) is 5.92 Å². The lowest BCUT2D eigenvalue weighted by Gasteiger charge is -2.12. The molecule has 1 amide bonds. The van der Waals surface area contributed by atoms with E-state index in [9.17, 15) is 9.18 Å². The predicted octanol–water partition coefficient (Wildman–Crippen LogP) is 3.83. The molecule has 1 fully saturated rings. The number of carbonyl (C=O) groups is 1. The smallest absolute Gasteiger partial charge is 0.258 e. The van der Waals surface area contributed by atoms with Crippen LogP contribution in [0.2, 0.25) is 0 Å². The third kappa shape index (κ3) is 4.59. The maximum absolute atomic E-state index is 13.1. The van der Waals surface area contributed by atoms with Gasteiger partial charge in [-0.2, -0.15) is 0 Å². The van der Waals surface area contributed by atoms with Crippen molar-refractivity contribution in [2.75, 3.05) is 22.5 Å². The fourth-order valence-electron chi connectivity index (χ4n) is 2.58. The summed E-state index contributed by atoms with van der Waals surface area (Å²) in [7, 11) is 0. The van der Waals surface area contributed by atoms with E-state index < -0.39 is 0 Å². The molecular formula is C20H19FN6O. The molecule has 3 N–H and O–H groups in total. The second-order valence-electron chi connectivity index (χ2n) is 6.63. The fraction of sp³-hybridized carbons (Fsp3) is 0.200. The topological polar surface area (TPSA) is 91.8 Å². The number of nitrogens with one attached hydrogen (secondary N) is 3. The first-order chi connectivity index (χ1) is 13.7. The highest BCUT2D eigenvalue weighted by Crippen LogP contribution is 2.28. The number of nitrogens with zero attached hydrogens (tertiary/aromatic N) is 3. The minimum Gasteiger partial charge on any atom is -0.354 e. The SMILES string of the molecule is O=C(Nc1ccncc1Nc1ccc(F)cc1)c1cnc(NCC2CC2)nc1. The van der Waals surface area contributed by atoms with E-state index in [1.165, 1.54) is 37.4 Å². The Hall–Kier alpha value is -3.55. The number of halogens is 1. The Balaban J connectivity index is 1.43. The Morgan fingerprint density at radius 3 is 2.50 bits per heavy atom. The van der Waals surface area contributed by atoms with Gasteiger partial charge in [-0.3, -0.25) is 9.78 Å². The summed E-state index contributed by atoms with van der Waals surface area (Å²) in [5.41, 5.74) is 2.16. The highest BCUT2D eigenvalue weighted by molar-refractivity contribution is 6.05. The van der Waals surface area contributed by atoms with Gasteiger partial charge >= 0.3 is 0 Å². The molecule has 0 atom stereocenters. The molecule has 0 aliphatic heterocycles. The molecule has 0 radical (unpaired) electrons. The first kappa shape index (κ1) is 17.8. The number of carbonyl (C=O) groups excluding carboxylic acids is 1. The van der Waals surface area contributed by atoms with Crippen molar-refractivity contribution in [2.45, 2.75) is 12.8 Å². The summed E-state index contributed by atoms with van der Waals surface area (Å²) in [4.78, 5) is 25.0. The number of aromatic nitrogens is 3. The van der Waals surface area contributed by atoms with E-state index in [1.54, 1.807) is 30.6 Å². The van der Waals surface area contributed by atoms with Crippen LogP contribution in [0.5, 0.6) is 0 Å². The summed E-state index contributed by atoms with van der Waals surface area (Å²) in [5, 5.41) is 9.10. The maximum atomic E-state index is 13.1. The lowest BCUT2D eigenvalue weighted by molar-refractivity contribution is 0.102. The number of amides is 1. The number of anilines is 4. The highest BCUT2D eigenvalue weighted by atomic mass is 19.1. The van der Waals surface area contributed by atoms with Gasteiger partial charge in [0.15, 0.2) is 0 Å². The zero-order chi connectivity index (χ0) is 19.3. The molecule has 3 aromatic rings. The van der Waals surface area contributed by atoms with Crippen molar-refractivity contribution in [3.8, 4) is 0 Å². The molecule has 4 rings (SSSR count). The van der Waals surface area contributed by atoms with Crippen LogP contribution in [-0.2, 0) is 0 Å².